The Kier molecular flexibility index (Phi) is 4.59. The summed E-state index contributed by atoms with van der Waals surface area (Å²) in [6.07, 6.45) is 2.26. The lowest BCUT2D eigenvalue weighted by atomic mass is 10.3. The van der Waals surface area contributed by atoms with E-state index >= 15 is 0 Å². The van der Waals surface area contributed by atoms with E-state index in [-0.39, 0.29) is 4.90 Å². The number of aromatic nitrogens is 3. The van der Waals surface area contributed by atoms with Crippen molar-refractivity contribution in [3.63, 3.8) is 0 Å². The molecule has 0 amide bonds. The maximum atomic E-state index is 12.2. The molecule has 0 bridgehead atoms. The Balaban J connectivity index is 2.10. The first-order valence-electron chi connectivity index (χ1n) is 6.51. The molecule has 0 atom stereocenters. The Bertz CT molecular complexity index is 709. The molecule has 114 valence electrons. The number of anilines is 1. The number of hydrogen-bond acceptors (Lipinski definition) is 5. The van der Waals surface area contributed by atoms with Gasteiger partial charge in [0.2, 0.25) is 10.0 Å². The van der Waals surface area contributed by atoms with E-state index in [1.165, 1.54) is 18.4 Å². The number of nitrogens with zero attached hydrogens (tertiary/aromatic N) is 4. The van der Waals surface area contributed by atoms with Crippen LogP contribution in [0.15, 0.2) is 35.5 Å². The van der Waals surface area contributed by atoms with Crippen LogP contribution in [-0.2, 0) is 23.5 Å². The molecule has 1 N–H and O–H groups in total. The van der Waals surface area contributed by atoms with Crippen molar-refractivity contribution in [1.82, 2.24) is 19.1 Å². The average molecular weight is 309 g/mol. The minimum absolute atomic E-state index is 0.268. The smallest absolute Gasteiger partial charge is 0.244 e. The molecule has 0 saturated heterocycles. The predicted molar refractivity (Wildman–Crippen MR) is 80.5 cm³/mol. The molecule has 0 aliphatic rings. The first-order valence-corrected chi connectivity index (χ1v) is 7.95. The van der Waals surface area contributed by atoms with Gasteiger partial charge in [0.05, 0.1) is 5.69 Å². The average Bonchev–Trinajstić information content (AvgIpc) is 2.85. The summed E-state index contributed by atoms with van der Waals surface area (Å²) in [5.41, 5.74) is 0.585. The minimum atomic E-state index is -3.46. The summed E-state index contributed by atoms with van der Waals surface area (Å²) in [5, 5.41) is 7.32. The largest absolute Gasteiger partial charge is 0.383 e. The maximum Gasteiger partial charge on any atom is 0.244 e. The summed E-state index contributed by atoms with van der Waals surface area (Å²) >= 11 is 0. The van der Waals surface area contributed by atoms with Gasteiger partial charge in [0.1, 0.15) is 11.2 Å². The maximum absolute atomic E-state index is 12.2. The van der Waals surface area contributed by atoms with Crippen molar-refractivity contribution in [3.05, 3.63) is 36.4 Å². The van der Waals surface area contributed by atoms with Crippen molar-refractivity contribution >= 4 is 15.7 Å². The van der Waals surface area contributed by atoms with Crippen molar-refractivity contribution in [2.75, 3.05) is 26.0 Å². The molecule has 7 nitrogen and oxygen atoms in total. The summed E-state index contributed by atoms with van der Waals surface area (Å²) in [4.78, 5) is 4.40. The van der Waals surface area contributed by atoms with Gasteiger partial charge in [0, 0.05) is 34.1 Å². The molecule has 1 aromatic carbocycles. The van der Waals surface area contributed by atoms with E-state index in [1.54, 1.807) is 35.3 Å². The molecule has 0 unspecified atom stereocenters. The van der Waals surface area contributed by atoms with Gasteiger partial charge in [-0.3, -0.25) is 4.68 Å². The fraction of sp³-hybridized carbons (Fsp3) is 0.385. The van der Waals surface area contributed by atoms with E-state index < -0.39 is 10.0 Å². The Morgan fingerprint density at radius 2 is 2.00 bits per heavy atom. The van der Waals surface area contributed by atoms with Crippen LogP contribution in [0.25, 0.3) is 0 Å². The highest BCUT2D eigenvalue weighted by molar-refractivity contribution is 7.89. The molecule has 2 aromatic rings. The summed E-state index contributed by atoms with van der Waals surface area (Å²) in [6.45, 7) is 0.559. The molecular weight excluding hydrogens is 290 g/mol. The summed E-state index contributed by atoms with van der Waals surface area (Å²) < 4.78 is 27.3. The molecule has 21 heavy (non-hydrogen) atoms. The molecule has 0 radical (unpaired) electrons. The van der Waals surface area contributed by atoms with Crippen molar-refractivity contribution in [2.24, 2.45) is 7.05 Å². The van der Waals surface area contributed by atoms with Crippen molar-refractivity contribution in [3.8, 4) is 0 Å². The van der Waals surface area contributed by atoms with Crippen molar-refractivity contribution in [2.45, 2.75) is 11.3 Å². The monoisotopic (exact) mass is 309 g/mol. The third-order valence-electron chi connectivity index (χ3n) is 2.96. The van der Waals surface area contributed by atoms with Crippen LogP contribution in [0.1, 0.15) is 5.82 Å². The molecule has 0 aliphatic carbocycles. The fourth-order valence-corrected chi connectivity index (χ4v) is 2.90. The van der Waals surface area contributed by atoms with Gasteiger partial charge in [-0.1, -0.05) is 12.1 Å². The number of sulfonamides is 1. The number of para-hydroxylation sites is 1. The van der Waals surface area contributed by atoms with Gasteiger partial charge in [-0.25, -0.2) is 17.7 Å². The highest BCUT2D eigenvalue weighted by Crippen LogP contribution is 2.22. The van der Waals surface area contributed by atoms with Crippen LogP contribution in [0.3, 0.4) is 0 Å². The van der Waals surface area contributed by atoms with E-state index in [0.717, 1.165) is 5.82 Å². The van der Waals surface area contributed by atoms with Gasteiger partial charge >= 0.3 is 0 Å². The summed E-state index contributed by atoms with van der Waals surface area (Å²) in [5.74, 6) is 0.720. The van der Waals surface area contributed by atoms with E-state index in [9.17, 15) is 8.42 Å². The molecule has 1 aromatic heterocycles. The Hall–Kier alpha value is -1.93. The minimum Gasteiger partial charge on any atom is -0.383 e. The second-order valence-corrected chi connectivity index (χ2v) is 6.92. The van der Waals surface area contributed by atoms with Gasteiger partial charge in [0.25, 0.3) is 0 Å². The quantitative estimate of drug-likeness (QED) is 0.850. The van der Waals surface area contributed by atoms with Crippen LogP contribution in [0.2, 0.25) is 0 Å². The normalized spacial score (nSPS) is 11.8. The lowest BCUT2D eigenvalue weighted by molar-refractivity contribution is 0.521. The number of benzene rings is 1. The number of rotatable bonds is 6. The highest BCUT2D eigenvalue weighted by atomic mass is 32.2. The van der Waals surface area contributed by atoms with Crippen LogP contribution < -0.4 is 5.32 Å². The lowest BCUT2D eigenvalue weighted by Crippen LogP contribution is -2.23. The van der Waals surface area contributed by atoms with Crippen molar-refractivity contribution in [1.29, 1.82) is 0 Å². The number of nitrogens with one attached hydrogen (secondary N) is 1. The predicted octanol–water partition coefficient (Wildman–Crippen LogP) is 0.720. The molecule has 0 spiro atoms. The SMILES string of the molecule is CN(C)S(=O)(=O)c1ccccc1NCCc1ncn(C)n1. The van der Waals surface area contributed by atoms with E-state index in [2.05, 4.69) is 15.4 Å². The molecule has 1 heterocycles. The van der Waals surface area contributed by atoms with E-state index in [1.807, 2.05) is 7.05 Å². The second kappa shape index (κ2) is 6.23. The zero-order chi connectivity index (χ0) is 15.5. The summed E-state index contributed by atoms with van der Waals surface area (Å²) in [6, 6.07) is 6.86. The number of hydrogen-bond donors (Lipinski definition) is 1. The highest BCUT2D eigenvalue weighted by Gasteiger charge is 2.20. The topological polar surface area (TPSA) is 80.1 Å². The van der Waals surface area contributed by atoms with Gasteiger partial charge in [-0.2, -0.15) is 5.10 Å². The standard InChI is InChI=1S/C13H19N5O2S/c1-17(2)21(19,20)12-7-5-4-6-11(12)14-9-8-13-15-10-18(3)16-13/h4-7,10,14H,8-9H2,1-3H3. The Morgan fingerprint density at radius 1 is 1.29 bits per heavy atom. The zero-order valence-electron chi connectivity index (χ0n) is 12.3. The van der Waals surface area contributed by atoms with Crippen molar-refractivity contribution < 1.29 is 8.42 Å². The first kappa shape index (κ1) is 15.5. The van der Waals surface area contributed by atoms with Crippen LogP contribution in [-0.4, -0.2) is 48.1 Å². The van der Waals surface area contributed by atoms with E-state index in [4.69, 9.17) is 0 Å². The molecule has 0 fully saturated rings. The van der Waals surface area contributed by atoms with Gasteiger partial charge in [0.15, 0.2) is 5.82 Å². The fourth-order valence-electron chi connectivity index (χ4n) is 1.84. The summed E-state index contributed by atoms with van der Waals surface area (Å²) in [7, 11) is 1.38. The third-order valence-corrected chi connectivity index (χ3v) is 4.83. The van der Waals surface area contributed by atoms with Gasteiger partial charge in [-0.05, 0) is 12.1 Å². The third kappa shape index (κ3) is 3.59. The molecule has 0 aliphatic heterocycles. The molecular formula is C13H19N5O2S. The Labute approximate surface area is 124 Å². The molecule has 2 rings (SSSR count). The van der Waals surface area contributed by atoms with E-state index in [0.29, 0.717) is 18.7 Å². The van der Waals surface area contributed by atoms with Crippen LogP contribution >= 0.6 is 0 Å². The van der Waals surface area contributed by atoms with Crippen LogP contribution in [0, 0.1) is 0 Å². The van der Waals surface area contributed by atoms with Gasteiger partial charge < -0.3 is 5.32 Å². The van der Waals surface area contributed by atoms with Crippen LogP contribution in [0.5, 0.6) is 0 Å². The van der Waals surface area contributed by atoms with Gasteiger partial charge in [-0.15, -0.1) is 0 Å². The first-order chi connectivity index (χ1) is 9.91. The molecule has 8 heteroatoms. The number of aryl methyl sites for hydroxylation is 1. The zero-order valence-corrected chi connectivity index (χ0v) is 13.1. The second-order valence-electron chi connectivity index (χ2n) is 4.79. The lowest BCUT2D eigenvalue weighted by Gasteiger charge is -2.15. The molecule has 0 saturated carbocycles. The van der Waals surface area contributed by atoms with Crippen LogP contribution in [0.4, 0.5) is 5.69 Å². The Morgan fingerprint density at radius 3 is 2.62 bits per heavy atom.